The maximum absolute atomic E-state index is 10.8. The van der Waals surface area contributed by atoms with E-state index in [4.69, 9.17) is 9.47 Å². The van der Waals surface area contributed by atoms with Crippen LogP contribution in [-0.4, -0.2) is 59.4 Å². The van der Waals surface area contributed by atoms with Gasteiger partial charge in [-0.3, -0.25) is 4.57 Å². The third-order valence-corrected chi connectivity index (χ3v) is 7.13. The first-order valence-electron chi connectivity index (χ1n) is 12.5. The maximum atomic E-state index is 10.8. The van der Waals surface area contributed by atoms with E-state index in [1.165, 1.54) is 23.8 Å². The number of aliphatic hydroxyl groups is 3. The van der Waals surface area contributed by atoms with Crippen LogP contribution in [0.4, 0.5) is 5.82 Å². The standard InChI is InChI=1S/C27H29N5O5/c33-21-22(34)26(37-23(21)27(35)36-13-16-7-2-1-3-8-16)32-15-30-20-24(28-14-29-25(20)32)31-19-12-6-10-17-9-4-5-11-18(17)19/h1-5,7-9,11,14-15,19,21-23,26-27,33-35H,6,10,12-13H2,(H,28,29,31)/t19?,21-,22+,23-,26+,27?/m0/s1. The quantitative estimate of drug-likeness (QED) is 0.281. The van der Waals surface area contributed by atoms with Crippen molar-refractivity contribution in [2.75, 3.05) is 5.32 Å². The topological polar surface area (TPSA) is 135 Å². The smallest absolute Gasteiger partial charge is 0.184 e. The summed E-state index contributed by atoms with van der Waals surface area (Å²) in [5, 5.41) is 35.5. The molecule has 3 heterocycles. The van der Waals surface area contributed by atoms with Crippen molar-refractivity contribution >= 4 is 17.0 Å². The number of nitrogens with zero attached hydrogens (tertiary/aromatic N) is 4. The predicted octanol–water partition coefficient (Wildman–Crippen LogP) is 2.47. The highest BCUT2D eigenvalue weighted by atomic mass is 16.6. The molecule has 2 aromatic heterocycles. The number of nitrogens with one attached hydrogen (secondary N) is 1. The number of ether oxygens (including phenoxy) is 2. The van der Waals surface area contributed by atoms with Crippen LogP contribution in [0.2, 0.25) is 0 Å². The molecule has 1 fully saturated rings. The lowest BCUT2D eigenvalue weighted by Gasteiger charge is -2.26. The molecule has 10 heteroatoms. The molecular formula is C27H29N5O5. The highest BCUT2D eigenvalue weighted by Crippen LogP contribution is 2.36. The molecule has 0 bridgehead atoms. The summed E-state index contributed by atoms with van der Waals surface area (Å²) >= 11 is 0. The molecule has 6 rings (SSSR count). The molecule has 2 aliphatic rings. The summed E-state index contributed by atoms with van der Waals surface area (Å²) in [7, 11) is 0. The highest BCUT2D eigenvalue weighted by Gasteiger charge is 2.48. The number of rotatable bonds is 7. The summed E-state index contributed by atoms with van der Waals surface area (Å²) < 4.78 is 13.0. The largest absolute Gasteiger partial charge is 0.387 e. The molecule has 0 saturated carbocycles. The molecule has 1 aliphatic heterocycles. The second-order valence-corrected chi connectivity index (χ2v) is 9.49. The predicted molar refractivity (Wildman–Crippen MR) is 134 cm³/mol. The Hall–Kier alpha value is -3.41. The van der Waals surface area contributed by atoms with Crippen molar-refractivity contribution in [1.82, 2.24) is 19.5 Å². The number of fused-ring (bicyclic) bond motifs is 2. The first-order chi connectivity index (χ1) is 18.1. The van der Waals surface area contributed by atoms with E-state index >= 15 is 0 Å². The van der Waals surface area contributed by atoms with Crippen LogP contribution in [0, 0.1) is 0 Å². The molecule has 1 aliphatic carbocycles. The van der Waals surface area contributed by atoms with Gasteiger partial charge in [-0.2, -0.15) is 0 Å². The van der Waals surface area contributed by atoms with Gasteiger partial charge in [-0.1, -0.05) is 54.6 Å². The van der Waals surface area contributed by atoms with E-state index in [-0.39, 0.29) is 12.6 Å². The minimum atomic E-state index is -1.44. The number of hydrogen-bond donors (Lipinski definition) is 4. The Morgan fingerprint density at radius 3 is 2.70 bits per heavy atom. The molecule has 1 saturated heterocycles. The molecule has 192 valence electrons. The fourth-order valence-electron chi connectivity index (χ4n) is 5.21. The molecule has 0 amide bonds. The van der Waals surface area contributed by atoms with Crippen molar-refractivity contribution in [2.45, 2.75) is 62.7 Å². The Kier molecular flexibility index (Phi) is 6.58. The number of hydrogen-bond acceptors (Lipinski definition) is 9. The zero-order valence-electron chi connectivity index (χ0n) is 20.1. The van der Waals surface area contributed by atoms with E-state index in [0.29, 0.717) is 17.0 Å². The van der Waals surface area contributed by atoms with Crippen LogP contribution in [-0.2, 0) is 22.5 Å². The van der Waals surface area contributed by atoms with Gasteiger partial charge < -0.3 is 30.1 Å². The Labute approximate surface area is 213 Å². The minimum absolute atomic E-state index is 0.102. The number of imidazole rings is 1. The first kappa shape index (κ1) is 24.0. The van der Waals surface area contributed by atoms with E-state index in [1.54, 1.807) is 4.57 Å². The van der Waals surface area contributed by atoms with Gasteiger partial charge >= 0.3 is 0 Å². The number of aliphatic hydroxyl groups excluding tert-OH is 3. The fraction of sp³-hybridized carbons (Fsp3) is 0.370. The van der Waals surface area contributed by atoms with Gasteiger partial charge in [-0.05, 0) is 36.0 Å². The van der Waals surface area contributed by atoms with Crippen LogP contribution >= 0.6 is 0 Å². The van der Waals surface area contributed by atoms with Gasteiger partial charge in [0.2, 0.25) is 0 Å². The van der Waals surface area contributed by atoms with Crippen LogP contribution in [0.25, 0.3) is 11.2 Å². The third-order valence-electron chi connectivity index (χ3n) is 7.13. The normalized spacial score (nSPS) is 26.2. The number of aromatic nitrogens is 4. The molecule has 37 heavy (non-hydrogen) atoms. The Morgan fingerprint density at radius 2 is 1.84 bits per heavy atom. The summed E-state index contributed by atoms with van der Waals surface area (Å²) in [6, 6.07) is 17.9. The van der Waals surface area contributed by atoms with Crippen LogP contribution < -0.4 is 5.32 Å². The molecule has 4 aromatic rings. The van der Waals surface area contributed by atoms with Gasteiger partial charge in [-0.25, -0.2) is 15.0 Å². The second kappa shape index (κ2) is 10.2. The summed E-state index contributed by atoms with van der Waals surface area (Å²) in [5.74, 6) is 0.585. The van der Waals surface area contributed by atoms with Crippen molar-refractivity contribution in [2.24, 2.45) is 0 Å². The summed E-state index contributed by atoms with van der Waals surface area (Å²) in [6.45, 7) is 0.135. The monoisotopic (exact) mass is 503 g/mol. The molecule has 0 spiro atoms. The van der Waals surface area contributed by atoms with Gasteiger partial charge in [0.1, 0.15) is 24.6 Å². The zero-order valence-corrected chi connectivity index (χ0v) is 20.1. The molecule has 2 unspecified atom stereocenters. The van der Waals surface area contributed by atoms with Crippen LogP contribution in [0.3, 0.4) is 0 Å². The summed E-state index contributed by atoms with van der Waals surface area (Å²) in [5.41, 5.74) is 4.42. The van der Waals surface area contributed by atoms with Gasteiger partial charge in [0.15, 0.2) is 29.5 Å². The summed E-state index contributed by atoms with van der Waals surface area (Å²) in [6.07, 6.45) is -0.260. The maximum Gasteiger partial charge on any atom is 0.184 e. The molecular weight excluding hydrogens is 474 g/mol. The van der Waals surface area contributed by atoms with E-state index in [1.807, 2.05) is 36.4 Å². The van der Waals surface area contributed by atoms with Gasteiger partial charge in [-0.15, -0.1) is 0 Å². The lowest BCUT2D eigenvalue weighted by Crippen LogP contribution is -2.39. The van der Waals surface area contributed by atoms with Crippen LogP contribution in [0.15, 0.2) is 67.3 Å². The average molecular weight is 504 g/mol. The minimum Gasteiger partial charge on any atom is -0.387 e. The zero-order chi connectivity index (χ0) is 25.4. The number of benzene rings is 2. The Bertz CT molecular complexity index is 1370. The fourth-order valence-corrected chi connectivity index (χ4v) is 5.21. The lowest BCUT2D eigenvalue weighted by atomic mass is 9.88. The SMILES string of the molecule is OC(OCc1ccccc1)[C@H]1O[C@@H](n2cnc3c(NC4CCCc5ccccc54)ncnc32)[C@H](O)[C@@H]1O. The van der Waals surface area contributed by atoms with Crippen LogP contribution in [0.5, 0.6) is 0 Å². The van der Waals surface area contributed by atoms with E-state index in [9.17, 15) is 15.3 Å². The summed E-state index contributed by atoms with van der Waals surface area (Å²) in [4.78, 5) is 13.3. The Morgan fingerprint density at radius 1 is 1.03 bits per heavy atom. The van der Waals surface area contributed by atoms with E-state index < -0.39 is 30.8 Å². The Balaban J connectivity index is 1.21. The van der Waals surface area contributed by atoms with E-state index in [2.05, 4.69) is 38.5 Å². The van der Waals surface area contributed by atoms with Crippen molar-refractivity contribution in [3.8, 4) is 0 Å². The molecule has 2 aromatic carbocycles. The van der Waals surface area contributed by atoms with Crippen molar-refractivity contribution in [1.29, 1.82) is 0 Å². The third kappa shape index (κ3) is 4.58. The average Bonchev–Trinajstić information content (AvgIpc) is 3.49. The molecule has 6 atom stereocenters. The lowest BCUT2D eigenvalue weighted by molar-refractivity contribution is -0.200. The molecule has 10 nitrogen and oxygen atoms in total. The van der Waals surface area contributed by atoms with Crippen molar-refractivity contribution in [3.63, 3.8) is 0 Å². The highest BCUT2D eigenvalue weighted by molar-refractivity contribution is 5.83. The van der Waals surface area contributed by atoms with Crippen molar-refractivity contribution < 1.29 is 24.8 Å². The first-order valence-corrected chi connectivity index (χ1v) is 12.5. The second-order valence-electron chi connectivity index (χ2n) is 9.49. The number of anilines is 1. The van der Waals surface area contributed by atoms with Gasteiger partial charge in [0, 0.05) is 0 Å². The number of aryl methyl sites for hydroxylation is 1. The molecule has 0 radical (unpaired) electrons. The van der Waals surface area contributed by atoms with Gasteiger partial charge in [0.25, 0.3) is 0 Å². The van der Waals surface area contributed by atoms with Crippen molar-refractivity contribution in [3.05, 3.63) is 83.9 Å². The molecule has 4 N–H and O–H groups in total. The van der Waals surface area contributed by atoms with E-state index in [0.717, 1.165) is 24.8 Å². The van der Waals surface area contributed by atoms with Crippen LogP contribution in [0.1, 0.15) is 41.8 Å². The van der Waals surface area contributed by atoms with Gasteiger partial charge in [0.05, 0.1) is 19.0 Å².